The first-order chi connectivity index (χ1) is 16.0. The van der Waals surface area contributed by atoms with E-state index in [0.29, 0.717) is 6.54 Å². The minimum atomic E-state index is -0.397. The number of hydrogen-bond donors (Lipinski definition) is 3. The lowest BCUT2D eigenvalue weighted by Gasteiger charge is -2.34. The summed E-state index contributed by atoms with van der Waals surface area (Å²) in [5, 5.41) is 19.1. The van der Waals surface area contributed by atoms with Crippen molar-refractivity contribution >= 4 is 21.9 Å². The number of para-hydroxylation sites is 1. The Morgan fingerprint density at radius 1 is 1.00 bits per heavy atom. The fraction of sp³-hybridized carbons (Fsp3) is 0.385. The van der Waals surface area contributed by atoms with Crippen LogP contribution in [0.15, 0.2) is 59.5 Å². The van der Waals surface area contributed by atoms with Gasteiger partial charge in [-0.15, -0.1) is 0 Å². The van der Waals surface area contributed by atoms with E-state index < -0.39 is 6.10 Å². The molecule has 0 spiro atoms. The molecule has 5 rings (SSSR count). The van der Waals surface area contributed by atoms with Crippen LogP contribution in [0.3, 0.4) is 0 Å². The minimum absolute atomic E-state index is 0.0179. The Morgan fingerprint density at radius 3 is 2.67 bits per heavy atom. The maximum Gasteiger partial charge on any atom is 0.328 e. The number of benzene rings is 2. The van der Waals surface area contributed by atoms with Crippen molar-refractivity contribution in [2.24, 2.45) is 14.1 Å². The van der Waals surface area contributed by atoms with Crippen molar-refractivity contribution < 1.29 is 5.11 Å². The first-order valence-corrected chi connectivity index (χ1v) is 11.6. The Bertz CT molecular complexity index is 1340. The summed E-state index contributed by atoms with van der Waals surface area (Å²) in [4.78, 5) is 16.7. The van der Waals surface area contributed by atoms with E-state index in [1.807, 2.05) is 24.4 Å². The van der Waals surface area contributed by atoms with Gasteiger partial charge < -0.3 is 15.7 Å². The topological polar surface area (TPSA) is 84.1 Å². The van der Waals surface area contributed by atoms with Gasteiger partial charge in [-0.3, -0.25) is 14.1 Å². The average molecular weight is 446 g/mol. The van der Waals surface area contributed by atoms with Gasteiger partial charge >= 0.3 is 5.69 Å². The predicted octanol–water partition coefficient (Wildman–Crippen LogP) is 2.59. The fourth-order valence-electron chi connectivity index (χ4n) is 5.05. The smallest absolute Gasteiger partial charge is 0.328 e. The summed E-state index contributed by atoms with van der Waals surface area (Å²) in [7, 11) is 3.59. The third-order valence-corrected chi connectivity index (χ3v) is 7.02. The SMILES string of the molecule is Cn1c(=O)n(C)c2cc(CN[C@H]3CC[C@H](NCc4cccc5cccnc45)C[C@@H]3O)ccc21. The summed E-state index contributed by atoms with van der Waals surface area (Å²) in [5.74, 6) is 0. The van der Waals surface area contributed by atoms with Crippen molar-refractivity contribution in [2.75, 3.05) is 0 Å². The summed E-state index contributed by atoms with van der Waals surface area (Å²) < 4.78 is 3.34. The van der Waals surface area contributed by atoms with Crippen LogP contribution in [0.5, 0.6) is 0 Å². The number of aliphatic hydroxyl groups is 1. The summed E-state index contributed by atoms with van der Waals surface area (Å²) in [6.45, 7) is 1.42. The molecule has 1 fully saturated rings. The largest absolute Gasteiger partial charge is 0.391 e. The highest BCUT2D eigenvalue weighted by atomic mass is 16.3. The third kappa shape index (κ3) is 4.31. The van der Waals surface area contributed by atoms with Crippen LogP contribution in [-0.2, 0) is 27.2 Å². The molecule has 1 aliphatic rings. The van der Waals surface area contributed by atoms with E-state index in [9.17, 15) is 9.90 Å². The summed E-state index contributed by atoms with van der Waals surface area (Å²) in [6, 6.07) is 16.8. The number of imidazole rings is 1. The zero-order valence-corrected chi connectivity index (χ0v) is 19.2. The molecule has 2 aromatic heterocycles. The van der Waals surface area contributed by atoms with Crippen molar-refractivity contribution in [3.8, 4) is 0 Å². The molecular weight excluding hydrogens is 414 g/mol. The molecule has 4 aromatic rings. The molecule has 33 heavy (non-hydrogen) atoms. The molecule has 2 heterocycles. The summed E-state index contributed by atoms with van der Waals surface area (Å²) in [6.07, 6.45) is 4.09. The Morgan fingerprint density at radius 2 is 1.82 bits per heavy atom. The van der Waals surface area contributed by atoms with Crippen molar-refractivity contribution in [1.29, 1.82) is 0 Å². The second-order valence-electron chi connectivity index (χ2n) is 9.16. The van der Waals surface area contributed by atoms with E-state index in [1.165, 1.54) is 5.56 Å². The molecule has 0 radical (unpaired) electrons. The Labute approximate surface area is 193 Å². The maximum absolute atomic E-state index is 12.2. The number of fused-ring (bicyclic) bond motifs is 2. The molecule has 0 amide bonds. The van der Waals surface area contributed by atoms with Crippen molar-refractivity contribution in [2.45, 2.75) is 50.5 Å². The number of aliphatic hydroxyl groups excluding tert-OH is 1. The zero-order valence-electron chi connectivity index (χ0n) is 19.2. The highest BCUT2D eigenvalue weighted by molar-refractivity contribution is 5.81. The quantitative estimate of drug-likeness (QED) is 0.425. The van der Waals surface area contributed by atoms with E-state index in [4.69, 9.17) is 0 Å². The van der Waals surface area contributed by atoms with Crippen LogP contribution in [0, 0.1) is 0 Å². The monoisotopic (exact) mass is 445 g/mol. The van der Waals surface area contributed by atoms with Crippen LogP contribution in [0.1, 0.15) is 30.4 Å². The summed E-state index contributed by atoms with van der Waals surface area (Å²) >= 11 is 0. The average Bonchev–Trinajstić information content (AvgIpc) is 3.05. The van der Waals surface area contributed by atoms with E-state index >= 15 is 0 Å². The van der Waals surface area contributed by atoms with Crippen LogP contribution in [-0.4, -0.2) is 37.4 Å². The van der Waals surface area contributed by atoms with Crippen LogP contribution in [0.2, 0.25) is 0 Å². The lowest BCUT2D eigenvalue weighted by Crippen LogP contribution is -2.48. The summed E-state index contributed by atoms with van der Waals surface area (Å²) in [5.41, 5.74) is 5.18. The molecular formula is C26H31N5O2. The van der Waals surface area contributed by atoms with Gasteiger partial charge in [-0.1, -0.05) is 30.3 Å². The van der Waals surface area contributed by atoms with Crippen LogP contribution in [0.4, 0.5) is 0 Å². The molecule has 0 unspecified atom stereocenters. The van der Waals surface area contributed by atoms with E-state index in [2.05, 4.69) is 45.9 Å². The predicted molar refractivity (Wildman–Crippen MR) is 131 cm³/mol. The molecule has 2 aromatic carbocycles. The van der Waals surface area contributed by atoms with E-state index in [0.717, 1.165) is 53.3 Å². The van der Waals surface area contributed by atoms with Crippen molar-refractivity contribution in [3.63, 3.8) is 0 Å². The van der Waals surface area contributed by atoms with E-state index in [1.54, 1.807) is 23.2 Å². The molecule has 1 saturated carbocycles. The van der Waals surface area contributed by atoms with Gasteiger partial charge in [-0.2, -0.15) is 0 Å². The molecule has 0 saturated heterocycles. The second-order valence-corrected chi connectivity index (χ2v) is 9.16. The van der Waals surface area contributed by atoms with Gasteiger partial charge in [0.15, 0.2) is 0 Å². The van der Waals surface area contributed by atoms with Gasteiger partial charge in [0.1, 0.15) is 0 Å². The Kier molecular flexibility index (Phi) is 6.01. The lowest BCUT2D eigenvalue weighted by molar-refractivity contribution is 0.0742. The van der Waals surface area contributed by atoms with Gasteiger partial charge in [0.2, 0.25) is 0 Å². The highest BCUT2D eigenvalue weighted by Crippen LogP contribution is 2.22. The van der Waals surface area contributed by atoms with Crippen LogP contribution in [0.25, 0.3) is 21.9 Å². The maximum atomic E-state index is 12.2. The number of nitrogens with one attached hydrogen (secondary N) is 2. The number of nitrogens with zero attached hydrogens (tertiary/aromatic N) is 3. The zero-order chi connectivity index (χ0) is 22.9. The molecule has 7 nitrogen and oxygen atoms in total. The fourth-order valence-corrected chi connectivity index (χ4v) is 5.05. The van der Waals surface area contributed by atoms with Crippen LogP contribution >= 0.6 is 0 Å². The third-order valence-electron chi connectivity index (χ3n) is 7.02. The van der Waals surface area contributed by atoms with Crippen molar-refractivity contribution in [3.05, 3.63) is 76.3 Å². The normalized spacial score (nSPS) is 21.1. The molecule has 7 heteroatoms. The minimum Gasteiger partial charge on any atom is -0.391 e. The van der Waals surface area contributed by atoms with Gasteiger partial charge in [-0.25, -0.2) is 4.79 Å². The van der Waals surface area contributed by atoms with Gasteiger partial charge in [0.05, 0.1) is 22.7 Å². The first kappa shape index (κ1) is 21.8. The van der Waals surface area contributed by atoms with Crippen LogP contribution < -0.4 is 16.3 Å². The number of hydrogen-bond acceptors (Lipinski definition) is 5. The number of rotatable bonds is 6. The number of aromatic nitrogens is 3. The van der Waals surface area contributed by atoms with E-state index in [-0.39, 0.29) is 17.8 Å². The Balaban J connectivity index is 1.17. The number of aryl methyl sites for hydroxylation is 2. The molecule has 3 atom stereocenters. The van der Waals surface area contributed by atoms with Gasteiger partial charge in [-0.05, 0) is 48.6 Å². The van der Waals surface area contributed by atoms with Crippen molar-refractivity contribution in [1.82, 2.24) is 24.8 Å². The van der Waals surface area contributed by atoms with Gasteiger partial charge in [0, 0.05) is 50.9 Å². The van der Waals surface area contributed by atoms with Gasteiger partial charge in [0.25, 0.3) is 0 Å². The molecule has 0 aliphatic heterocycles. The molecule has 1 aliphatic carbocycles. The highest BCUT2D eigenvalue weighted by Gasteiger charge is 2.28. The molecule has 172 valence electrons. The number of pyridine rings is 1. The standard InChI is InChI=1S/C26H31N5O2/c1-30-22-11-8-17(13-23(22)31(2)26(30)33)15-29-21-10-9-20(14-24(21)32)28-16-19-6-3-5-18-7-4-12-27-25(18)19/h3-8,11-13,20-21,24,28-29,32H,9-10,14-16H2,1-2H3/t20-,21-,24-/m0/s1. The Hall–Kier alpha value is -3.00. The first-order valence-electron chi connectivity index (χ1n) is 11.6. The second kappa shape index (κ2) is 9.09. The lowest BCUT2D eigenvalue weighted by atomic mass is 9.88. The molecule has 0 bridgehead atoms. The molecule has 3 N–H and O–H groups in total.